The van der Waals surface area contributed by atoms with Crippen LogP contribution in [-0.4, -0.2) is 16.4 Å². The molecule has 2 heterocycles. The molecule has 1 aliphatic heterocycles. The van der Waals surface area contributed by atoms with Crippen molar-refractivity contribution < 1.29 is 62.3 Å². The lowest BCUT2D eigenvalue weighted by Crippen LogP contribution is -2.31. The number of benzene rings is 6. The smallest absolute Gasteiger partial charge is 0.308 e. The molecule has 0 N–H and O–H groups in total. The molecule has 16 heteroatoms. The maximum atomic E-state index is 14.4. The third-order valence-electron chi connectivity index (χ3n) is 10.7. The highest BCUT2D eigenvalue weighted by molar-refractivity contribution is 6.36. The van der Waals surface area contributed by atoms with E-state index < -0.39 is 69.9 Å². The van der Waals surface area contributed by atoms with Gasteiger partial charge in [0.1, 0.15) is 0 Å². The minimum Gasteiger partial charge on any atom is -0.308 e. The molecule has 8 rings (SSSR count). The van der Waals surface area contributed by atoms with E-state index in [0.717, 1.165) is 10.5 Å². The zero-order valence-corrected chi connectivity index (χ0v) is 31.6. The Kier molecular flexibility index (Phi) is 9.26. The molecular weight excluding hydrogens is 828 g/mol. The van der Waals surface area contributed by atoms with Gasteiger partial charge in [0.05, 0.1) is 55.8 Å². The highest BCUT2D eigenvalue weighted by Crippen LogP contribution is 2.46. The Labute approximate surface area is 337 Å². The number of aromatic nitrogens is 1. The fourth-order valence-electron chi connectivity index (χ4n) is 8.21. The highest BCUT2D eigenvalue weighted by Gasteiger charge is 2.42. The predicted molar refractivity (Wildman–Crippen MR) is 203 cm³/mol. The van der Waals surface area contributed by atoms with Crippen molar-refractivity contribution in [2.75, 3.05) is 4.90 Å². The van der Waals surface area contributed by atoms with Gasteiger partial charge in [0.25, 0.3) is 11.8 Å². The molecule has 6 aromatic carbocycles. The van der Waals surface area contributed by atoms with Gasteiger partial charge < -0.3 is 4.57 Å². The van der Waals surface area contributed by atoms with Crippen molar-refractivity contribution in [1.29, 1.82) is 0 Å². The number of halogens is 12. The van der Waals surface area contributed by atoms with Gasteiger partial charge in [-0.15, -0.1) is 0 Å². The van der Waals surface area contributed by atoms with Crippen molar-refractivity contribution in [2.45, 2.75) is 45.5 Å². The first-order chi connectivity index (χ1) is 28.4. The molecule has 0 spiro atoms. The Hall–Kier alpha value is -6.58. The largest absolute Gasteiger partial charge is 0.417 e. The highest BCUT2D eigenvalue weighted by atomic mass is 19.4. The summed E-state index contributed by atoms with van der Waals surface area (Å²) < 4.78 is 169. The average molecular weight is 855 g/mol. The van der Waals surface area contributed by atoms with Crippen LogP contribution in [0.4, 0.5) is 58.4 Å². The van der Waals surface area contributed by atoms with Gasteiger partial charge in [-0.2, -0.15) is 52.7 Å². The summed E-state index contributed by atoms with van der Waals surface area (Å²) >= 11 is 0. The van der Waals surface area contributed by atoms with E-state index in [2.05, 4.69) is 0 Å². The molecule has 0 fully saturated rings. The van der Waals surface area contributed by atoms with E-state index in [1.165, 1.54) is 59.2 Å². The molecule has 0 bridgehead atoms. The molecule has 0 aliphatic carbocycles. The number of rotatable bonds is 4. The van der Waals surface area contributed by atoms with Gasteiger partial charge in [0.2, 0.25) is 0 Å². The maximum absolute atomic E-state index is 14.4. The SMILES string of the molecule is Cc1cc(C)c(N2C(=O)c3cccc(-n4c5ccc(-c6ccc(C(F)(F)F)cc6C(F)(F)F)cc5c5cc(-c6ccc(C(F)(F)F)cc6C(F)(F)F)ccc54)c3C2=O)c(C)c1. The summed E-state index contributed by atoms with van der Waals surface area (Å²) in [6.45, 7) is 5.29. The minimum atomic E-state index is -5.28. The second-order valence-electron chi connectivity index (χ2n) is 14.7. The molecule has 0 radical (unpaired) electrons. The van der Waals surface area contributed by atoms with Crippen LogP contribution in [-0.2, 0) is 24.7 Å². The first-order valence-corrected chi connectivity index (χ1v) is 18.1. The molecule has 312 valence electrons. The van der Waals surface area contributed by atoms with Crippen molar-refractivity contribution >= 4 is 39.3 Å². The Morgan fingerprint density at radius 2 is 0.918 bits per heavy atom. The van der Waals surface area contributed by atoms with Crippen LogP contribution in [0.25, 0.3) is 49.7 Å². The van der Waals surface area contributed by atoms with Crippen LogP contribution in [0.3, 0.4) is 0 Å². The Morgan fingerprint density at radius 1 is 0.459 bits per heavy atom. The van der Waals surface area contributed by atoms with Gasteiger partial charge in [-0.25, -0.2) is 4.90 Å². The topological polar surface area (TPSA) is 42.3 Å². The summed E-state index contributed by atoms with van der Waals surface area (Å²) in [7, 11) is 0. The number of nitrogens with zero attached hydrogens (tertiary/aromatic N) is 2. The summed E-state index contributed by atoms with van der Waals surface area (Å²) in [6, 6.07) is 17.5. The fraction of sp³-hybridized carbons (Fsp3) is 0.156. The molecule has 61 heavy (non-hydrogen) atoms. The number of anilines is 1. The summed E-state index contributed by atoms with van der Waals surface area (Å²) in [5.41, 5.74) is -5.45. The lowest BCUT2D eigenvalue weighted by Gasteiger charge is -2.20. The van der Waals surface area contributed by atoms with Gasteiger partial charge in [-0.1, -0.05) is 48.0 Å². The van der Waals surface area contributed by atoms with Crippen LogP contribution in [0.1, 0.15) is 59.7 Å². The first kappa shape index (κ1) is 41.2. The van der Waals surface area contributed by atoms with Crippen LogP contribution in [0.2, 0.25) is 0 Å². The summed E-state index contributed by atoms with van der Waals surface area (Å²) in [5.74, 6) is -1.39. The third kappa shape index (κ3) is 6.87. The van der Waals surface area contributed by atoms with Gasteiger partial charge in [0.15, 0.2) is 0 Å². The number of amides is 2. The molecule has 0 unspecified atom stereocenters. The number of imide groups is 1. The fourth-order valence-corrected chi connectivity index (χ4v) is 8.21. The average Bonchev–Trinajstić information content (AvgIpc) is 3.62. The van der Waals surface area contributed by atoms with E-state index in [1.807, 2.05) is 6.92 Å². The molecule has 1 aromatic heterocycles. The van der Waals surface area contributed by atoms with Crippen LogP contribution in [0.5, 0.6) is 0 Å². The monoisotopic (exact) mass is 854 g/mol. The summed E-state index contributed by atoms with van der Waals surface area (Å²) in [6.07, 6.45) is -20.8. The molecular formula is C45H26F12N2O2. The van der Waals surface area contributed by atoms with E-state index in [-0.39, 0.29) is 61.9 Å². The standard InChI is InChI=1S/C45H26F12N2O2/c1-21-15-22(2)39(23(3)16-21)59-40(60)30-5-4-6-37(38(30)41(59)61)58-35-13-7-24(28-11-9-26(42(46,47)48)19-33(28)44(52,53)54)17-31(35)32-18-25(8-14-36(32)58)29-12-10-27(43(49,50)51)20-34(29)45(55,56)57/h4-20H,1-3H3. The lowest BCUT2D eigenvalue weighted by atomic mass is 9.94. The summed E-state index contributed by atoms with van der Waals surface area (Å²) in [5, 5.41) is 0.0820. The van der Waals surface area contributed by atoms with E-state index in [0.29, 0.717) is 41.1 Å². The number of fused-ring (bicyclic) bond motifs is 4. The zero-order chi connectivity index (χ0) is 44.3. The Balaban J connectivity index is 1.42. The molecule has 0 saturated carbocycles. The van der Waals surface area contributed by atoms with Crippen molar-refractivity contribution in [3.8, 4) is 27.9 Å². The van der Waals surface area contributed by atoms with E-state index in [4.69, 9.17) is 0 Å². The Morgan fingerprint density at radius 3 is 1.34 bits per heavy atom. The second-order valence-corrected chi connectivity index (χ2v) is 14.7. The molecule has 0 atom stereocenters. The number of alkyl halides is 12. The van der Waals surface area contributed by atoms with Crippen LogP contribution >= 0.6 is 0 Å². The van der Waals surface area contributed by atoms with Crippen LogP contribution in [0.15, 0.2) is 103 Å². The van der Waals surface area contributed by atoms with E-state index >= 15 is 0 Å². The van der Waals surface area contributed by atoms with E-state index in [9.17, 15) is 62.3 Å². The van der Waals surface area contributed by atoms with Crippen LogP contribution < -0.4 is 4.90 Å². The first-order valence-electron chi connectivity index (χ1n) is 18.1. The molecule has 2 amide bonds. The molecule has 4 nitrogen and oxygen atoms in total. The normalized spacial score (nSPS) is 13.9. The number of carbonyl (C=O) groups excluding carboxylic acids is 2. The molecule has 7 aromatic rings. The van der Waals surface area contributed by atoms with Crippen molar-refractivity contribution in [1.82, 2.24) is 4.57 Å². The third-order valence-corrected chi connectivity index (χ3v) is 10.7. The second kappa shape index (κ2) is 13.7. The van der Waals surface area contributed by atoms with Gasteiger partial charge in [-0.05, 0) is 115 Å². The molecule has 1 aliphatic rings. The minimum absolute atomic E-state index is 0.00994. The Bertz CT molecular complexity index is 2850. The van der Waals surface area contributed by atoms with Crippen molar-refractivity contribution in [3.05, 3.63) is 153 Å². The number of carbonyl (C=O) groups is 2. The molecule has 0 saturated heterocycles. The summed E-state index contributed by atoms with van der Waals surface area (Å²) in [4.78, 5) is 29.5. The van der Waals surface area contributed by atoms with Gasteiger partial charge in [0, 0.05) is 10.8 Å². The lowest BCUT2D eigenvalue weighted by molar-refractivity contribution is -0.144. The number of aryl methyl sites for hydroxylation is 3. The zero-order valence-electron chi connectivity index (χ0n) is 31.6. The van der Waals surface area contributed by atoms with Crippen molar-refractivity contribution in [3.63, 3.8) is 0 Å². The van der Waals surface area contributed by atoms with Gasteiger partial charge in [-0.3, -0.25) is 9.59 Å². The quantitative estimate of drug-likeness (QED) is 0.131. The van der Waals surface area contributed by atoms with Crippen LogP contribution in [0, 0.1) is 20.8 Å². The predicted octanol–water partition coefficient (Wildman–Crippen LogP) is 13.9. The maximum Gasteiger partial charge on any atom is 0.417 e. The number of hydrogen-bond acceptors (Lipinski definition) is 2. The van der Waals surface area contributed by atoms with E-state index in [1.54, 1.807) is 26.0 Å². The van der Waals surface area contributed by atoms with Gasteiger partial charge >= 0.3 is 24.7 Å². The van der Waals surface area contributed by atoms with Crippen molar-refractivity contribution in [2.24, 2.45) is 0 Å². The number of hydrogen-bond donors (Lipinski definition) is 0.